The minimum atomic E-state index is -5.07. The third-order valence-electron chi connectivity index (χ3n) is 5.16. The van der Waals surface area contributed by atoms with Crippen LogP contribution in [0, 0.1) is 0 Å². The van der Waals surface area contributed by atoms with Gasteiger partial charge in [-0.2, -0.15) is 13.2 Å². The Balaban J connectivity index is 1.58. The van der Waals surface area contributed by atoms with Gasteiger partial charge in [-0.05, 0) is 29.7 Å². The van der Waals surface area contributed by atoms with Crippen molar-refractivity contribution in [1.29, 1.82) is 0 Å². The molecule has 2 aromatic rings. The first-order valence-electron chi connectivity index (χ1n) is 10.7. The van der Waals surface area contributed by atoms with Crippen molar-refractivity contribution in [2.24, 2.45) is 0 Å². The standard InChI is InChI=1S/C23H25F3N4O4/c24-23(25,26)21(32)28-27-20(31)11-10-17-6-8-18(9-7-17)16-30(19-4-2-1-3-5-19)22(33)29-12-14-34-15-13-29/h1-9H,10-16H2,(H,27,31)(H,28,32). The number of nitrogens with zero attached hydrogens (tertiary/aromatic N) is 2. The van der Waals surface area contributed by atoms with Crippen LogP contribution < -0.4 is 15.8 Å². The van der Waals surface area contributed by atoms with Crippen molar-refractivity contribution in [2.75, 3.05) is 31.2 Å². The summed E-state index contributed by atoms with van der Waals surface area (Å²) in [4.78, 5) is 39.0. The van der Waals surface area contributed by atoms with Gasteiger partial charge in [0.2, 0.25) is 5.91 Å². The van der Waals surface area contributed by atoms with Crippen LogP contribution >= 0.6 is 0 Å². The zero-order valence-electron chi connectivity index (χ0n) is 18.3. The van der Waals surface area contributed by atoms with Gasteiger partial charge in [-0.3, -0.25) is 25.3 Å². The number of morpholine rings is 1. The molecular weight excluding hydrogens is 453 g/mol. The molecule has 0 bridgehead atoms. The van der Waals surface area contributed by atoms with Crippen LogP contribution in [0.2, 0.25) is 0 Å². The Labute approximate surface area is 194 Å². The van der Waals surface area contributed by atoms with Gasteiger partial charge in [0.1, 0.15) is 0 Å². The lowest BCUT2D eigenvalue weighted by atomic mass is 10.1. The first kappa shape index (κ1) is 25.0. The van der Waals surface area contributed by atoms with Gasteiger partial charge in [0.15, 0.2) is 0 Å². The van der Waals surface area contributed by atoms with Crippen molar-refractivity contribution in [2.45, 2.75) is 25.6 Å². The number of carbonyl (C=O) groups is 3. The lowest BCUT2D eigenvalue weighted by molar-refractivity contribution is -0.175. The Kier molecular flexibility index (Phi) is 8.47. The number of anilines is 1. The molecule has 0 aromatic heterocycles. The fourth-order valence-electron chi connectivity index (χ4n) is 3.31. The molecule has 4 amide bonds. The smallest absolute Gasteiger partial charge is 0.378 e. The minimum absolute atomic E-state index is 0.108. The summed E-state index contributed by atoms with van der Waals surface area (Å²) in [5, 5.41) is 0. The highest BCUT2D eigenvalue weighted by Crippen LogP contribution is 2.20. The van der Waals surface area contributed by atoms with Gasteiger partial charge in [0.05, 0.1) is 19.8 Å². The van der Waals surface area contributed by atoms with E-state index in [-0.39, 0.29) is 18.9 Å². The van der Waals surface area contributed by atoms with Gasteiger partial charge in [0.25, 0.3) is 0 Å². The minimum Gasteiger partial charge on any atom is -0.378 e. The van der Waals surface area contributed by atoms with E-state index in [1.165, 1.54) is 5.43 Å². The highest BCUT2D eigenvalue weighted by Gasteiger charge is 2.38. The second kappa shape index (κ2) is 11.5. The molecule has 0 atom stereocenters. The zero-order chi connectivity index (χ0) is 24.6. The fraction of sp³-hybridized carbons (Fsp3) is 0.348. The number of aryl methyl sites for hydroxylation is 1. The number of hydrogen-bond acceptors (Lipinski definition) is 4. The molecule has 0 saturated carbocycles. The SMILES string of the molecule is O=C(CCc1ccc(CN(C(=O)N2CCOCC2)c2ccccc2)cc1)NNC(=O)C(F)(F)F. The molecular formula is C23H25F3N4O4. The fourth-order valence-corrected chi connectivity index (χ4v) is 3.31. The normalized spacial score (nSPS) is 13.8. The van der Waals surface area contributed by atoms with E-state index in [4.69, 9.17) is 4.74 Å². The molecule has 1 aliphatic rings. The maximum absolute atomic E-state index is 13.2. The van der Waals surface area contributed by atoms with E-state index in [9.17, 15) is 27.6 Å². The first-order chi connectivity index (χ1) is 16.2. The summed E-state index contributed by atoms with van der Waals surface area (Å²) in [7, 11) is 0. The molecule has 0 radical (unpaired) electrons. The van der Waals surface area contributed by atoms with E-state index in [1.807, 2.05) is 42.5 Å². The Morgan fingerprint density at radius 2 is 1.53 bits per heavy atom. The number of ether oxygens (including phenoxy) is 1. The number of urea groups is 1. The van der Waals surface area contributed by atoms with E-state index < -0.39 is 18.0 Å². The van der Waals surface area contributed by atoms with Gasteiger partial charge < -0.3 is 9.64 Å². The number of halogens is 3. The largest absolute Gasteiger partial charge is 0.472 e. The molecule has 0 unspecified atom stereocenters. The van der Waals surface area contributed by atoms with Crippen LogP contribution in [0.4, 0.5) is 23.7 Å². The van der Waals surface area contributed by atoms with Crippen LogP contribution in [-0.2, 0) is 27.3 Å². The quantitative estimate of drug-likeness (QED) is 0.625. The number of benzene rings is 2. The van der Waals surface area contributed by atoms with Crippen molar-refractivity contribution in [3.8, 4) is 0 Å². The molecule has 0 aliphatic carbocycles. The maximum Gasteiger partial charge on any atom is 0.472 e. The number of hydrogen-bond donors (Lipinski definition) is 2. The van der Waals surface area contributed by atoms with Crippen molar-refractivity contribution >= 4 is 23.5 Å². The number of hydrazine groups is 1. The first-order valence-corrected chi connectivity index (χ1v) is 10.7. The molecule has 182 valence electrons. The summed E-state index contributed by atoms with van der Waals surface area (Å²) in [6.45, 7) is 2.37. The number of carbonyl (C=O) groups excluding carboxylic acids is 3. The Morgan fingerprint density at radius 1 is 0.912 bits per heavy atom. The summed E-state index contributed by atoms with van der Waals surface area (Å²) >= 11 is 0. The van der Waals surface area contributed by atoms with Gasteiger partial charge in [-0.25, -0.2) is 4.79 Å². The second-order valence-electron chi connectivity index (χ2n) is 7.62. The van der Waals surface area contributed by atoms with Crippen LogP contribution in [0.25, 0.3) is 0 Å². The van der Waals surface area contributed by atoms with Gasteiger partial charge in [-0.1, -0.05) is 42.5 Å². The highest BCUT2D eigenvalue weighted by molar-refractivity contribution is 5.92. The third-order valence-corrected chi connectivity index (χ3v) is 5.16. The molecule has 2 aromatic carbocycles. The van der Waals surface area contributed by atoms with Crippen LogP contribution in [0.5, 0.6) is 0 Å². The molecule has 2 N–H and O–H groups in total. The summed E-state index contributed by atoms with van der Waals surface area (Å²) in [5.41, 5.74) is 5.49. The second-order valence-corrected chi connectivity index (χ2v) is 7.62. The lowest BCUT2D eigenvalue weighted by Gasteiger charge is -2.33. The maximum atomic E-state index is 13.2. The van der Waals surface area contributed by atoms with E-state index in [0.717, 1.165) is 16.8 Å². The molecule has 8 nitrogen and oxygen atoms in total. The molecule has 1 aliphatic heterocycles. The van der Waals surface area contributed by atoms with E-state index in [0.29, 0.717) is 32.8 Å². The van der Waals surface area contributed by atoms with Crippen LogP contribution in [0.1, 0.15) is 17.5 Å². The molecule has 0 spiro atoms. The average molecular weight is 478 g/mol. The summed E-state index contributed by atoms with van der Waals surface area (Å²) in [5.74, 6) is -2.98. The monoisotopic (exact) mass is 478 g/mol. The molecule has 11 heteroatoms. The number of rotatable bonds is 6. The molecule has 34 heavy (non-hydrogen) atoms. The molecule has 1 saturated heterocycles. The van der Waals surface area contributed by atoms with E-state index >= 15 is 0 Å². The van der Waals surface area contributed by atoms with E-state index in [1.54, 1.807) is 27.4 Å². The molecule has 3 rings (SSSR count). The summed E-state index contributed by atoms with van der Waals surface area (Å²) < 4.78 is 41.8. The Hall–Kier alpha value is -3.60. The van der Waals surface area contributed by atoms with Crippen molar-refractivity contribution in [3.05, 3.63) is 65.7 Å². The topological polar surface area (TPSA) is 91.0 Å². The number of amides is 4. The highest BCUT2D eigenvalue weighted by atomic mass is 19.4. The van der Waals surface area contributed by atoms with Crippen LogP contribution in [-0.4, -0.2) is 55.2 Å². The van der Waals surface area contributed by atoms with Gasteiger partial charge >= 0.3 is 18.1 Å². The molecule has 1 heterocycles. The Morgan fingerprint density at radius 3 is 2.15 bits per heavy atom. The zero-order valence-corrected chi connectivity index (χ0v) is 18.3. The predicted octanol–water partition coefficient (Wildman–Crippen LogP) is 2.79. The summed E-state index contributed by atoms with van der Waals surface area (Å²) in [6, 6.07) is 16.5. The Bertz CT molecular complexity index is 978. The number of alkyl halides is 3. The summed E-state index contributed by atoms with van der Waals surface area (Å²) in [6.07, 6.45) is -4.91. The van der Waals surface area contributed by atoms with Crippen LogP contribution in [0.15, 0.2) is 54.6 Å². The van der Waals surface area contributed by atoms with Crippen molar-refractivity contribution < 1.29 is 32.3 Å². The van der Waals surface area contributed by atoms with Gasteiger partial charge in [-0.15, -0.1) is 0 Å². The van der Waals surface area contributed by atoms with Crippen molar-refractivity contribution in [1.82, 2.24) is 15.8 Å². The third kappa shape index (κ3) is 7.20. The van der Waals surface area contributed by atoms with Crippen LogP contribution in [0.3, 0.4) is 0 Å². The predicted molar refractivity (Wildman–Crippen MR) is 118 cm³/mol. The van der Waals surface area contributed by atoms with Crippen molar-refractivity contribution in [3.63, 3.8) is 0 Å². The number of nitrogens with one attached hydrogen (secondary N) is 2. The number of para-hydroxylation sites is 1. The van der Waals surface area contributed by atoms with Gasteiger partial charge in [0, 0.05) is 25.2 Å². The van der Waals surface area contributed by atoms with E-state index in [2.05, 4.69) is 0 Å². The average Bonchev–Trinajstić information content (AvgIpc) is 2.85. The lowest BCUT2D eigenvalue weighted by Crippen LogP contribution is -2.48. The molecule has 1 fully saturated rings.